The molecule has 0 amide bonds. The van der Waals surface area contributed by atoms with Crippen LogP contribution in [0.1, 0.15) is 23.6 Å². The van der Waals surface area contributed by atoms with Crippen molar-refractivity contribution in [2.24, 2.45) is 4.99 Å². The zero-order chi connectivity index (χ0) is 19.1. The van der Waals surface area contributed by atoms with Gasteiger partial charge in [0.05, 0.1) is 29.9 Å². The zero-order valence-corrected chi connectivity index (χ0v) is 15.3. The molecule has 0 bridgehead atoms. The van der Waals surface area contributed by atoms with Crippen LogP contribution in [0, 0.1) is 5.82 Å². The van der Waals surface area contributed by atoms with Crippen LogP contribution >= 0.6 is 0 Å². The third kappa shape index (κ3) is 2.67. The number of benzene rings is 3. The Morgan fingerprint density at radius 3 is 2.68 bits per heavy atom. The summed E-state index contributed by atoms with van der Waals surface area (Å²) in [5.74, 6) is 1.14. The lowest BCUT2D eigenvalue weighted by Gasteiger charge is -2.26. The Bertz CT molecular complexity index is 1210. The van der Waals surface area contributed by atoms with Gasteiger partial charge in [-0.25, -0.2) is 14.4 Å². The highest BCUT2D eigenvalue weighted by atomic mass is 19.1. The first kappa shape index (κ1) is 16.7. The third-order valence-electron chi connectivity index (χ3n) is 5.18. The van der Waals surface area contributed by atoms with E-state index in [2.05, 4.69) is 0 Å². The Morgan fingerprint density at radius 1 is 1.00 bits per heavy atom. The van der Waals surface area contributed by atoms with Gasteiger partial charge in [-0.15, -0.1) is 0 Å². The molecular formula is C23H18FN3O. The molecule has 0 spiro atoms. The third-order valence-corrected chi connectivity index (χ3v) is 5.18. The number of hydrogen-bond acceptors (Lipinski definition) is 3. The van der Waals surface area contributed by atoms with Crippen LogP contribution in [0.15, 0.2) is 77.8 Å². The van der Waals surface area contributed by atoms with Crippen LogP contribution in [-0.4, -0.2) is 22.4 Å². The average molecular weight is 371 g/mol. The van der Waals surface area contributed by atoms with E-state index in [0.29, 0.717) is 17.9 Å². The van der Waals surface area contributed by atoms with E-state index in [0.717, 1.165) is 28.1 Å². The summed E-state index contributed by atoms with van der Waals surface area (Å²) in [6, 6.07) is 22.4. The number of fused-ring (bicyclic) bond motifs is 3. The van der Waals surface area contributed by atoms with Crippen molar-refractivity contribution in [3.8, 4) is 5.75 Å². The summed E-state index contributed by atoms with van der Waals surface area (Å²) in [6.45, 7) is 0. The summed E-state index contributed by atoms with van der Waals surface area (Å²) in [5, 5.41) is 0. The number of para-hydroxylation sites is 2. The lowest BCUT2D eigenvalue weighted by Crippen LogP contribution is -2.21. The van der Waals surface area contributed by atoms with E-state index < -0.39 is 0 Å². The molecule has 0 N–H and O–H groups in total. The Morgan fingerprint density at radius 2 is 1.82 bits per heavy atom. The molecule has 0 fully saturated rings. The minimum atomic E-state index is -0.220. The first-order valence-corrected chi connectivity index (χ1v) is 9.18. The maximum absolute atomic E-state index is 14.7. The number of methoxy groups -OCH3 is 1. The summed E-state index contributed by atoms with van der Waals surface area (Å²) >= 11 is 0. The molecule has 5 heteroatoms. The highest BCUT2D eigenvalue weighted by Gasteiger charge is 2.29. The maximum Gasteiger partial charge on any atom is 0.231 e. The van der Waals surface area contributed by atoms with Gasteiger partial charge in [0.1, 0.15) is 11.6 Å². The normalized spacial score (nSPS) is 15.9. The van der Waals surface area contributed by atoms with Crippen LogP contribution in [0.2, 0.25) is 0 Å². The Kier molecular flexibility index (Phi) is 3.93. The molecule has 2 heterocycles. The van der Waals surface area contributed by atoms with E-state index in [-0.39, 0.29) is 11.9 Å². The largest absolute Gasteiger partial charge is 0.497 e. The van der Waals surface area contributed by atoms with Crippen LogP contribution in [0.25, 0.3) is 11.0 Å². The van der Waals surface area contributed by atoms with Gasteiger partial charge in [0.25, 0.3) is 0 Å². The molecule has 0 saturated heterocycles. The molecule has 3 aromatic carbocycles. The van der Waals surface area contributed by atoms with Crippen LogP contribution in [0.4, 0.5) is 10.3 Å². The highest BCUT2D eigenvalue weighted by molar-refractivity contribution is 6.03. The van der Waals surface area contributed by atoms with E-state index in [1.165, 1.54) is 6.07 Å². The second kappa shape index (κ2) is 6.60. The molecule has 28 heavy (non-hydrogen) atoms. The van der Waals surface area contributed by atoms with Gasteiger partial charge >= 0.3 is 0 Å². The van der Waals surface area contributed by atoms with E-state index in [4.69, 9.17) is 14.7 Å². The Hall–Kier alpha value is -3.47. The van der Waals surface area contributed by atoms with Crippen LogP contribution in [0.5, 0.6) is 5.75 Å². The number of rotatable bonds is 3. The molecular weight excluding hydrogens is 353 g/mol. The summed E-state index contributed by atoms with van der Waals surface area (Å²) in [6.07, 6.45) is 0.571. The van der Waals surface area contributed by atoms with E-state index in [1.807, 2.05) is 65.2 Å². The quantitative estimate of drug-likeness (QED) is 0.490. The molecule has 1 aliphatic heterocycles. The van der Waals surface area contributed by atoms with E-state index >= 15 is 0 Å². The zero-order valence-electron chi connectivity index (χ0n) is 15.3. The van der Waals surface area contributed by atoms with Gasteiger partial charge in [-0.2, -0.15) is 0 Å². The minimum Gasteiger partial charge on any atom is -0.497 e. The van der Waals surface area contributed by atoms with Gasteiger partial charge in [-0.05, 0) is 35.9 Å². The smallest absolute Gasteiger partial charge is 0.231 e. The van der Waals surface area contributed by atoms with E-state index in [1.54, 1.807) is 13.2 Å². The predicted octanol–water partition coefficient (Wildman–Crippen LogP) is 5.30. The van der Waals surface area contributed by atoms with Crippen LogP contribution < -0.4 is 4.74 Å². The first-order chi connectivity index (χ1) is 13.7. The number of hydrogen-bond donors (Lipinski definition) is 0. The molecule has 0 radical (unpaired) electrons. The van der Waals surface area contributed by atoms with Crippen LogP contribution in [-0.2, 0) is 0 Å². The van der Waals surface area contributed by atoms with Crippen molar-refractivity contribution >= 4 is 22.7 Å². The molecule has 4 nitrogen and oxygen atoms in total. The molecule has 1 aliphatic rings. The van der Waals surface area contributed by atoms with Crippen molar-refractivity contribution in [2.45, 2.75) is 12.5 Å². The summed E-state index contributed by atoms with van der Waals surface area (Å²) in [7, 11) is 1.64. The number of aliphatic imine (C=N–C) groups is 1. The molecule has 0 saturated carbocycles. The topological polar surface area (TPSA) is 39.4 Å². The molecule has 0 aliphatic carbocycles. The Labute approximate surface area is 161 Å². The number of halogens is 1. The molecule has 1 aromatic heterocycles. The summed E-state index contributed by atoms with van der Waals surface area (Å²) < 4.78 is 22.1. The second-order valence-corrected chi connectivity index (χ2v) is 6.80. The van der Waals surface area contributed by atoms with Gasteiger partial charge in [-0.3, -0.25) is 0 Å². The molecule has 4 aromatic rings. The summed E-state index contributed by atoms with van der Waals surface area (Å²) in [5.41, 5.74) is 4.28. The van der Waals surface area contributed by atoms with Gasteiger partial charge < -0.3 is 9.30 Å². The number of ether oxygens (including phenoxy) is 1. The fraction of sp³-hybridized carbons (Fsp3) is 0.130. The first-order valence-electron chi connectivity index (χ1n) is 9.18. The number of imidazole rings is 1. The van der Waals surface area contributed by atoms with Crippen molar-refractivity contribution in [3.05, 3.63) is 89.7 Å². The van der Waals surface area contributed by atoms with Gasteiger partial charge in [-0.1, -0.05) is 42.5 Å². The molecule has 138 valence electrons. The number of aromatic nitrogens is 2. The fourth-order valence-corrected chi connectivity index (χ4v) is 3.84. The van der Waals surface area contributed by atoms with Gasteiger partial charge in [0.15, 0.2) is 0 Å². The van der Waals surface area contributed by atoms with Crippen molar-refractivity contribution in [3.63, 3.8) is 0 Å². The SMILES string of the molecule is COc1cccc(C2=Nc3nc4ccccc4n3C(c3ccccc3F)C2)c1. The van der Waals surface area contributed by atoms with Crippen molar-refractivity contribution < 1.29 is 9.13 Å². The second-order valence-electron chi connectivity index (χ2n) is 6.80. The van der Waals surface area contributed by atoms with Crippen LogP contribution in [0.3, 0.4) is 0 Å². The minimum absolute atomic E-state index is 0.219. The van der Waals surface area contributed by atoms with Gasteiger partial charge in [0, 0.05) is 12.0 Å². The summed E-state index contributed by atoms with van der Waals surface area (Å²) in [4.78, 5) is 9.52. The predicted molar refractivity (Wildman–Crippen MR) is 108 cm³/mol. The number of nitrogens with zero attached hydrogens (tertiary/aromatic N) is 3. The fourth-order valence-electron chi connectivity index (χ4n) is 3.84. The lowest BCUT2D eigenvalue weighted by molar-refractivity contribution is 0.414. The Balaban J connectivity index is 1.73. The van der Waals surface area contributed by atoms with Crippen molar-refractivity contribution in [1.82, 2.24) is 9.55 Å². The maximum atomic E-state index is 14.7. The molecule has 1 unspecified atom stereocenters. The highest BCUT2D eigenvalue weighted by Crippen LogP contribution is 2.38. The monoisotopic (exact) mass is 371 g/mol. The molecule has 5 rings (SSSR count). The van der Waals surface area contributed by atoms with Gasteiger partial charge in [0.2, 0.25) is 5.95 Å². The van der Waals surface area contributed by atoms with E-state index in [9.17, 15) is 4.39 Å². The lowest BCUT2D eigenvalue weighted by atomic mass is 9.95. The molecule has 1 atom stereocenters. The van der Waals surface area contributed by atoms with Crippen molar-refractivity contribution in [2.75, 3.05) is 7.11 Å². The standard InChI is InChI=1S/C23H18FN3O/c1-28-16-8-6-7-15(13-16)20-14-22(17-9-2-3-10-18(17)24)27-21-12-5-4-11-19(21)25-23(27)26-20/h2-13,22H,14H2,1H3. The average Bonchev–Trinajstić information content (AvgIpc) is 3.12. The van der Waals surface area contributed by atoms with Crippen molar-refractivity contribution in [1.29, 1.82) is 0 Å².